The predicted molar refractivity (Wildman–Crippen MR) is 72.5 cm³/mol. The van der Waals surface area contributed by atoms with Crippen LogP contribution in [0.15, 0.2) is 0 Å². The van der Waals surface area contributed by atoms with Gasteiger partial charge in [-0.25, -0.2) is 0 Å². The standard InChI is InChI=1S/C15H27NO2/c1-12-10-16-11-14(12)15(17)5-3-2-4-13-6-8-18-9-7-13/h12-14,16H,2-11H2,1H3. The molecule has 2 aliphatic heterocycles. The highest BCUT2D eigenvalue weighted by atomic mass is 16.5. The number of ether oxygens (including phenoxy) is 1. The van der Waals surface area contributed by atoms with Crippen LogP contribution in [0.5, 0.6) is 0 Å². The van der Waals surface area contributed by atoms with Crippen LogP contribution in [0, 0.1) is 17.8 Å². The summed E-state index contributed by atoms with van der Waals surface area (Å²) in [6.07, 6.45) is 6.81. The Balaban J connectivity index is 1.56. The Morgan fingerprint density at radius 2 is 2.00 bits per heavy atom. The van der Waals surface area contributed by atoms with Crippen LogP contribution in [-0.2, 0) is 9.53 Å². The second kappa shape index (κ2) is 7.25. The molecule has 0 bridgehead atoms. The Morgan fingerprint density at radius 1 is 1.22 bits per heavy atom. The van der Waals surface area contributed by atoms with Gasteiger partial charge in [0.2, 0.25) is 0 Å². The molecule has 2 rings (SSSR count). The molecule has 18 heavy (non-hydrogen) atoms. The number of rotatable bonds is 6. The first kappa shape index (κ1) is 14.0. The lowest BCUT2D eigenvalue weighted by atomic mass is 9.89. The second-order valence-corrected chi connectivity index (χ2v) is 6.01. The molecule has 2 atom stereocenters. The van der Waals surface area contributed by atoms with E-state index < -0.39 is 0 Å². The largest absolute Gasteiger partial charge is 0.381 e. The van der Waals surface area contributed by atoms with Gasteiger partial charge in [-0.05, 0) is 37.6 Å². The molecule has 0 saturated carbocycles. The van der Waals surface area contributed by atoms with Crippen molar-refractivity contribution in [1.82, 2.24) is 5.32 Å². The summed E-state index contributed by atoms with van der Waals surface area (Å²) < 4.78 is 5.36. The molecule has 2 unspecified atom stereocenters. The minimum Gasteiger partial charge on any atom is -0.381 e. The van der Waals surface area contributed by atoms with Crippen LogP contribution in [0.4, 0.5) is 0 Å². The fourth-order valence-electron chi connectivity index (χ4n) is 3.19. The second-order valence-electron chi connectivity index (χ2n) is 6.01. The summed E-state index contributed by atoms with van der Waals surface area (Å²) in [5.74, 6) is 2.15. The highest BCUT2D eigenvalue weighted by molar-refractivity contribution is 5.81. The summed E-state index contributed by atoms with van der Waals surface area (Å²) in [5, 5.41) is 3.31. The van der Waals surface area contributed by atoms with Crippen LogP contribution in [0.25, 0.3) is 0 Å². The highest BCUT2D eigenvalue weighted by Crippen LogP contribution is 2.23. The average molecular weight is 253 g/mol. The van der Waals surface area contributed by atoms with Crippen molar-refractivity contribution in [2.75, 3.05) is 26.3 Å². The summed E-state index contributed by atoms with van der Waals surface area (Å²) in [6, 6.07) is 0. The Labute approximate surface area is 111 Å². The van der Waals surface area contributed by atoms with Crippen LogP contribution >= 0.6 is 0 Å². The fourth-order valence-corrected chi connectivity index (χ4v) is 3.19. The van der Waals surface area contributed by atoms with Gasteiger partial charge in [-0.2, -0.15) is 0 Å². The molecular formula is C15H27NO2. The zero-order chi connectivity index (χ0) is 12.8. The molecule has 2 saturated heterocycles. The number of ketones is 1. The first-order chi connectivity index (χ1) is 8.77. The monoisotopic (exact) mass is 253 g/mol. The van der Waals surface area contributed by atoms with E-state index in [1.54, 1.807) is 0 Å². The van der Waals surface area contributed by atoms with Gasteiger partial charge in [0.15, 0.2) is 0 Å². The quantitative estimate of drug-likeness (QED) is 0.739. The maximum absolute atomic E-state index is 12.0. The van der Waals surface area contributed by atoms with Gasteiger partial charge in [0.25, 0.3) is 0 Å². The van der Waals surface area contributed by atoms with E-state index in [0.717, 1.165) is 45.1 Å². The lowest BCUT2D eigenvalue weighted by Crippen LogP contribution is -2.21. The van der Waals surface area contributed by atoms with E-state index in [1.807, 2.05) is 0 Å². The normalized spacial score (nSPS) is 29.6. The fraction of sp³-hybridized carbons (Fsp3) is 0.933. The third kappa shape index (κ3) is 4.06. The predicted octanol–water partition coefficient (Wildman–Crippen LogP) is 2.40. The molecule has 1 N–H and O–H groups in total. The Kier molecular flexibility index (Phi) is 5.64. The van der Waals surface area contributed by atoms with E-state index in [1.165, 1.54) is 25.7 Å². The van der Waals surface area contributed by atoms with Crippen molar-refractivity contribution in [3.8, 4) is 0 Å². The molecule has 0 aliphatic carbocycles. The van der Waals surface area contributed by atoms with Crippen molar-refractivity contribution in [3.63, 3.8) is 0 Å². The molecule has 3 heteroatoms. The van der Waals surface area contributed by atoms with Gasteiger partial charge in [-0.1, -0.05) is 19.8 Å². The molecule has 0 radical (unpaired) electrons. The van der Waals surface area contributed by atoms with Crippen LogP contribution < -0.4 is 5.32 Å². The van der Waals surface area contributed by atoms with Crippen LogP contribution in [0.2, 0.25) is 0 Å². The number of carbonyl (C=O) groups excluding carboxylic acids is 1. The first-order valence-electron chi connectivity index (χ1n) is 7.58. The van der Waals surface area contributed by atoms with Crippen LogP contribution in [0.3, 0.4) is 0 Å². The number of hydrogen-bond donors (Lipinski definition) is 1. The number of hydrogen-bond acceptors (Lipinski definition) is 3. The molecule has 104 valence electrons. The van der Waals surface area contributed by atoms with Gasteiger partial charge >= 0.3 is 0 Å². The van der Waals surface area contributed by atoms with E-state index in [0.29, 0.717) is 11.7 Å². The topological polar surface area (TPSA) is 38.3 Å². The van der Waals surface area contributed by atoms with Gasteiger partial charge in [0.05, 0.1) is 0 Å². The van der Waals surface area contributed by atoms with Gasteiger partial charge in [-0.15, -0.1) is 0 Å². The third-order valence-corrected chi connectivity index (χ3v) is 4.56. The van der Waals surface area contributed by atoms with E-state index in [9.17, 15) is 4.79 Å². The number of carbonyl (C=O) groups is 1. The molecular weight excluding hydrogens is 226 g/mol. The maximum Gasteiger partial charge on any atom is 0.137 e. The molecule has 2 heterocycles. The van der Waals surface area contributed by atoms with E-state index in [4.69, 9.17) is 4.74 Å². The van der Waals surface area contributed by atoms with Crippen molar-refractivity contribution < 1.29 is 9.53 Å². The van der Waals surface area contributed by atoms with Gasteiger partial charge in [-0.3, -0.25) is 4.79 Å². The minimum absolute atomic E-state index is 0.285. The van der Waals surface area contributed by atoms with Crippen molar-refractivity contribution >= 4 is 5.78 Å². The Hall–Kier alpha value is -0.410. The number of nitrogens with one attached hydrogen (secondary N) is 1. The van der Waals surface area contributed by atoms with Crippen molar-refractivity contribution in [2.24, 2.45) is 17.8 Å². The van der Waals surface area contributed by atoms with Gasteiger partial charge < -0.3 is 10.1 Å². The number of unbranched alkanes of at least 4 members (excludes halogenated alkanes) is 1. The van der Waals surface area contributed by atoms with Crippen LogP contribution in [0.1, 0.15) is 45.4 Å². The summed E-state index contributed by atoms with van der Waals surface area (Å²) in [6.45, 7) is 5.98. The minimum atomic E-state index is 0.285. The Bertz CT molecular complexity index is 261. The van der Waals surface area contributed by atoms with Crippen molar-refractivity contribution in [3.05, 3.63) is 0 Å². The highest BCUT2D eigenvalue weighted by Gasteiger charge is 2.28. The number of Topliss-reactive ketones (excluding diaryl/α,β-unsaturated/α-hetero) is 1. The summed E-state index contributed by atoms with van der Waals surface area (Å²) in [5.41, 5.74) is 0. The maximum atomic E-state index is 12.0. The smallest absolute Gasteiger partial charge is 0.137 e. The SMILES string of the molecule is CC1CNCC1C(=O)CCCCC1CCOCC1. The molecule has 2 aliphatic rings. The molecule has 2 fully saturated rings. The lowest BCUT2D eigenvalue weighted by Gasteiger charge is -2.21. The molecule has 3 nitrogen and oxygen atoms in total. The van der Waals surface area contributed by atoms with E-state index >= 15 is 0 Å². The van der Waals surface area contributed by atoms with E-state index in [2.05, 4.69) is 12.2 Å². The van der Waals surface area contributed by atoms with Gasteiger partial charge in [0, 0.05) is 32.1 Å². The first-order valence-corrected chi connectivity index (χ1v) is 7.58. The van der Waals surface area contributed by atoms with Crippen molar-refractivity contribution in [1.29, 1.82) is 0 Å². The van der Waals surface area contributed by atoms with Crippen LogP contribution in [-0.4, -0.2) is 32.1 Å². The third-order valence-electron chi connectivity index (χ3n) is 4.56. The molecule has 0 spiro atoms. The Morgan fingerprint density at radius 3 is 2.67 bits per heavy atom. The van der Waals surface area contributed by atoms with Gasteiger partial charge in [0.1, 0.15) is 5.78 Å². The molecule has 0 aromatic rings. The zero-order valence-electron chi connectivity index (χ0n) is 11.6. The molecule has 0 aromatic heterocycles. The lowest BCUT2D eigenvalue weighted by molar-refractivity contribution is -0.123. The summed E-state index contributed by atoms with van der Waals surface area (Å²) >= 11 is 0. The zero-order valence-corrected chi connectivity index (χ0v) is 11.6. The summed E-state index contributed by atoms with van der Waals surface area (Å²) in [7, 11) is 0. The molecule has 0 amide bonds. The average Bonchev–Trinajstić information content (AvgIpc) is 2.82. The van der Waals surface area contributed by atoms with Crippen molar-refractivity contribution in [2.45, 2.75) is 45.4 Å². The summed E-state index contributed by atoms with van der Waals surface area (Å²) in [4.78, 5) is 12.0. The molecule has 0 aromatic carbocycles. The van der Waals surface area contributed by atoms with E-state index in [-0.39, 0.29) is 5.92 Å².